The van der Waals surface area contributed by atoms with Crippen LogP contribution in [0.5, 0.6) is 0 Å². The molecule has 2 unspecified atom stereocenters. The van der Waals surface area contributed by atoms with Gasteiger partial charge in [-0.1, -0.05) is 25.5 Å². The van der Waals surface area contributed by atoms with Crippen LogP contribution >= 0.6 is 0 Å². The average Bonchev–Trinajstić information content (AvgIpc) is 2.39. The lowest BCUT2D eigenvalue weighted by atomic mass is 9.88. The fourth-order valence-corrected chi connectivity index (χ4v) is 2.48. The van der Waals surface area contributed by atoms with Gasteiger partial charge in [0.15, 0.2) is 0 Å². The van der Waals surface area contributed by atoms with Crippen molar-refractivity contribution in [3.63, 3.8) is 0 Å². The minimum atomic E-state index is -0.798. The van der Waals surface area contributed by atoms with E-state index in [2.05, 4.69) is 6.07 Å². The molecule has 112 valence electrons. The lowest BCUT2D eigenvalue weighted by Gasteiger charge is -2.23. The summed E-state index contributed by atoms with van der Waals surface area (Å²) in [6, 6.07) is 4.04. The summed E-state index contributed by atoms with van der Waals surface area (Å²) in [6.07, 6.45) is 0.671. The highest BCUT2D eigenvalue weighted by molar-refractivity contribution is 5.73. The molecule has 0 amide bonds. The van der Waals surface area contributed by atoms with E-state index in [9.17, 15) is 9.90 Å². The maximum absolute atomic E-state index is 12.0. The summed E-state index contributed by atoms with van der Waals surface area (Å²) in [5, 5.41) is 10.6. The number of rotatable bonds is 6. The maximum atomic E-state index is 12.0. The van der Waals surface area contributed by atoms with E-state index in [-0.39, 0.29) is 5.97 Å². The van der Waals surface area contributed by atoms with E-state index in [0.717, 1.165) is 23.1 Å². The van der Waals surface area contributed by atoms with Gasteiger partial charge in [0.05, 0.1) is 18.6 Å². The quantitative estimate of drug-likeness (QED) is 0.808. The Morgan fingerprint density at radius 2 is 1.75 bits per heavy atom. The van der Waals surface area contributed by atoms with Crippen molar-refractivity contribution in [2.75, 3.05) is 6.61 Å². The number of hydrogen-bond donors (Lipinski definition) is 1. The van der Waals surface area contributed by atoms with Crippen LogP contribution in [-0.4, -0.2) is 17.7 Å². The summed E-state index contributed by atoms with van der Waals surface area (Å²) in [7, 11) is 0. The van der Waals surface area contributed by atoms with Crippen LogP contribution in [0.25, 0.3) is 0 Å². The van der Waals surface area contributed by atoms with Crippen molar-refractivity contribution in [3.05, 3.63) is 34.4 Å². The molecule has 0 aliphatic rings. The van der Waals surface area contributed by atoms with E-state index < -0.39 is 12.0 Å². The number of carbonyl (C=O) groups excluding carboxylic acids is 1. The Hall–Kier alpha value is -1.35. The Morgan fingerprint density at radius 3 is 2.30 bits per heavy atom. The Bertz CT molecular complexity index is 466. The van der Waals surface area contributed by atoms with E-state index in [4.69, 9.17) is 4.74 Å². The monoisotopic (exact) mass is 278 g/mol. The second kappa shape index (κ2) is 7.44. The molecule has 0 aliphatic heterocycles. The Kier molecular flexibility index (Phi) is 6.21. The number of ether oxygens (including phenoxy) is 1. The number of aliphatic hydroxyl groups excluding tert-OH is 1. The molecular formula is C17H26O3. The fraction of sp³-hybridized carbons (Fsp3) is 0.588. The topological polar surface area (TPSA) is 46.5 Å². The number of hydrogen-bond acceptors (Lipinski definition) is 3. The molecule has 20 heavy (non-hydrogen) atoms. The molecular weight excluding hydrogens is 252 g/mol. The van der Waals surface area contributed by atoms with Crippen molar-refractivity contribution < 1.29 is 14.6 Å². The predicted molar refractivity (Wildman–Crippen MR) is 80.6 cm³/mol. The lowest BCUT2D eigenvalue weighted by molar-refractivity contribution is -0.152. The summed E-state index contributed by atoms with van der Waals surface area (Å²) in [6.45, 7) is 10.2. The normalized spacial score (nSPS) is 13.9. The Morgan fingerprint density at radius 1 is 1.15 bits per heavy atom. The van der Waals surface area contributed by atoms with Crippen LogP contribution in [0.2, 0.25) is 0 Å². The van der Waals surface area contributed by atoms with Gasteiger partial charge in [-0.05, 0) is 56.4 Å². The minimum absolute atomic E-state index is 0.306. The minimum Gasteiger partial charge on any atom is -0.466 e. The molecule has 1 aromatic carbocycles. The standard InChI is InChI=1S/C17H26O3/c1-6-8-14(17(19)20-7-2)16(18)15-10-12(4)11(3)9-13(15)5/h9-10,14,16,18H,6-8H2,1-5H3. The van der Waals surface area contributed by atoms with Gasteiger partial charge in [-0.15, -0.1) is 0 Å². The molecule has 1 N–H and O–H groups in total. The van der Waals surface area contributed by atoms with Gasteiger partial charge in [0.1, 0.15) is 0 Å². The number of aliphatic hydroxyl groups is 1. The van der Waals surface area contributed by atoms with Crippen LogP contribution in [0.15, 0.2) is 12.1 Å². The zero-order valence-corrected chi connectivity index (χ0v) is 13.2. The number of benzene rings is 1. The third-order valence-electron chi connectivity index (χ3n) is 3.77. The van der Waals surface area contributed by atoms with Crippen molar-refractivity contribution in [2.24, 2.45) is 5.92 Å². The second-order valence-electron chi connectivity index (χ2n) is 5.39. The average molecular weight is 278 g/mol. The highest BCUT2D eigenvalue weighted by atomic mass is 16.5. The van der Waals surface area contributed by atoms with Crippen LogP contribution in [0.3, 0.4) is 0 Å². The van der Waals surface area contributed by atoms with E-state index in [1.54, 1.807) is 6.92 Å². The van der Waals surface area contributed by atoms with Crippen molar-refractivity contribution in [2.45, 2.75) is 53.6 Å². The maximum Gasteiger partial charge on any atom is 0.311 e. The van der Waals surface area contributed by atoms with Crippen molar-refractivity contribution in [1.82, 2.24) is 0 Å². The van der Waals surface area contributed by atoms with Crippen LogP contribution < -0.4 is 0 Å². The molecule has 0 bridgehead atoms. The van der Waals surface area contributed by atoms with Gasteiger partial charge in [0.2, 0.25) is 0 Å². The van der Waals surface area contributed by atoms with E-state index in [1.165, 1.54) is 5.56 Å². The fourth-order valence-electron chi connectivity index (χ4n) is 2.48. The van der Waals surface area contributed by atoms with E-state index in [1.807, 2.05) is 33.8 Å². The highest BCUT2D eigenvalue weighted by Gasteiger charge is 2.29. The molecule has 1 rings (SSSR count). The largest absolute Gasteiger partial charge is 0.466 e. The zero-order chi connectivity index (χ0) is 15.3. The first-order chi connectivity index (χ1) is 9.42. The van der Waals surface area contributed by atoms with Gasteiger partial charge in [-0.2, -0.15) is 0 Å². The van der Waals surface area contributed by atoms with Gasteiger partial charge in [-0.25, -0.2) is 0 Å². The van der Waals surface area contributed by atoms with Crippen LogP contribution in [0.4, 0.5) is 0 Å². The second-order valence-corrected chi connectivity index (χ2v) is 5.39. The lowest BCUT2D eigenvalue weighted by Crippen LogP contribution is -2.25. The molecule has 1 aromatic rings. The molecule has 2 atom stereocenters. The van der Waals surface area contributed by atoms with E-state index in [0.29, 0.717) is 13.0 Å². The van der Waals surface area contributed by atoms with Crippen molar-refractivity contribution >= 4 is 5.97 Å². The van der Waals surface area contributed by atoms with Gasteiger partial charge in [0.25, 0.3) is 0 Å². The third-order valence-corrected chi connectivity index (χ3v) is 3.77. The van der Waals surface area contributed by atoms with Gasteiger partial charge in [-0.3, -0.25) is 4.79 Å². The Labute approximate surface area is 122 Å². The summed E-state index contributed by atoms with van der Waals surface area (Å²) in [5.74, 6) is -0.791. The molecule has 0 spiro atoms. The third kappa shape index (κ3) is 3.83. The smallest absolute Gasteiger partial charge is 0.311 e. The first-order valence-corrected chi connectivity index (χ1v) is 7.34. The molecule has 0 saturated carbocycles. The SMILES string of the molecule is CCCC(C(=O)OCC)C(O)c1cc(C)c(C)cc1C. The molecule has 0 aliphatic carbocycles. The first-order valence-electron chi connectivity index (χ1n) is 7.34. The first kappa shape index (κ1) is 16.7. The number of carbonyl (C=O) groups is 1. The summed E-state index contributed by atoms with van der Waals surface area (Å²) in [5.41, 5.74) is 4.18. The molecule has 0 radical (unpaired) electrons. The van der Waals surface area contributed by atoms with Gasteiger partial charge in [0, 0.05) is 0 Å². The number of esters is 1. The summed E-state index contributed by atoms with van der Waals surface area (Å²) in [4.78, 5) is 12.0. The predicted octanol–water partition coefficient (Wildman–Crippen LogP) is 3.62. The molecule has 3 nitrogen and oxygen atoms in total. The molecule has 0 aromatic heterocycles. The Balaban J connectivity index is 3.08. The number of aryl methyl sites for hydroxylation is 3. The summed E-state index contributed by atoms with van der Waals surface area (Å²) < 4.78 is 5.09. The van der Waals surface area contributed by atoms with Crippen LogP contribution in [-0.2, 0) is 9.53 Å². The molecule has 0 saturated heterocycles. The molecule has 0 heterocycles. The van der Waals surface area contributed by atoms with Crippen LogP contribution in [0.1, 0.15) is 55.0 Å². The van der Waals surface area contributed by atoms with Gasteiger partial charge < -0.3 is 9.84 Å². The van der Waals surface area contributed by atoms with Crippen LogP contribution in [0, 0.1) is 26.7 Å². The molecule has 0 fully saturated rings. The molecule has 3 heteroatoms. The van der Waals surface area contributed by atoms with Crippen molar-refractivity contribution in [3.8, 4) is 0 Å². The van der Waals surface area contributed by atoms with Crippen molar-refractivity contribution in [1.29, 1.82) is 0 Å². The van der Waals surface area contributed by atoms with Gasteiger partial charge >= 0.3 is 5.97 Å². The van der Waals surface area contributed by atoms with E-state index >= 15 is 0 Å². The highest BCUT2D eigenvalue weighted by Crippen LogP contribution is 2.30. The summed E-state index contributed by atoms with van der Waals surface area (Å²) >= 11 is 0. The zero-order valence-electron chi connectivity index (χ0n) is 13.2.